The van der Waals surface area contributed by atoms with Gasteiger partial charge in [-0.2, -0.15) is 10.2 Å². The van der Waals surface area contributed by atoms with Crippen molar-refractivity contribution in [3.8, 4) is 28.5 Å². The zero-order chi connectivity index (χ0) is 23.3. The molecule has 0 saturated heterocycles. The third-order valence-electron chi connectivity index (χ3n) is 4.73. The van der Waals surface area contributed by atoms with E-state index in [1.54, 1.807) is 18.2 Å². The summed E-state index contributed by atoms with van der Waals surface area (Å²) < 4.78 is 15.7. The number of aromatic nitrogens is 2. The summed E-state index contributed by atoms with van der Waals surface area (Å²) in [6.07, 6.45) is 1.42. The second-order valence-corrected chi connectivity index (χ2v) is 7.01. The lowest BCUT2D eigenvalue weighted by Gasteiger charge is -2.13. The summed E-state index contributed by atoms with van der Waals surface area (Å²) in [5, 5.41) is 10.9. The number of benzene rings is 2. The molecule has 2 aromatic carbocycles. The zero-order valence-corrected chi connectivity index (χ0v) is 18.5. The highest BCUT2D eigenvalue weighted by molar-refractivity contribution is 5.94. The third-order valence-corrected chi connectivity index (χ3v) is 4.73. The minimum atomic E-state index is -0.505. The molecule has 0 aliphatic heterocycles. The van der Waals surface area contributed by atoms with Crippen molar-refractivity contribution in [3.05, 3.63) is 58.8 Å². The van der Waals surface area contributed by atoms with Crippen LogP contribution in [0.5, 0.6) is 17.2 Å². The molecule has 9 nitrogen and oxygen atoms in total. The maximum atomic E-state index is 12.4. The predicted molar refractivity (Wildman–Crippen MR) is 119 cm³/mol. The Labute approximate surface area is 185 Å². The molecule has 9 heteroatoms. The second-order valence-electron chi connectivity index (χ2n) is 7.01. The fourth-order valence-electron chi connectivity index (χ4n) is 2.93. The largest absolute Gasteiger partial charge is 0.493 e. The molecule has 1 heterocycles. The average Bonchev–Trinajstić information content (AvgIpc) is 3.26. The number of methoxy groups -OCH3 is 2. The van der Waals surface area contributed by atoms with Gasteiger partial charge in [-0.25, -0.2) is 5.43 Å². The summed E-state index contributed by atoms with van der Waals surface area (Å²) in [6, 6.07) is 10.9. The van der Waals surface area contributed by atoms with Gasteiger partial charge in [0.15, 0.2) is 11.5 Å². The van der Waals surface area contributed by atoms with Crippen LogP contribution >= 0.6 is 0 Å². The van der Waals surface area contributed by atoms with Crippen LogP contribution in [0.15, 0.2) is 41.5 Å². The van der Waals surface area contributed by atoms with E-state index in [9.17, 15) is 9.59 Å². The Kier molecular flexibility index (Phi) is 6.89. The summed E-state index contributed by atoms with van der Waals surface area (Å²) in [6.45, 7) is 5.34. The Hall–Kier alpha value is -4.14. The van der Waals surface area contributed by atoms with Crippen LogP contribution in [-0.4, -0.2) is 42.5 Å². The predicted octanol–water partition coefficient (Wildman–Crippen LogP) is 3.40. The van der Waals surface area contributed by atoms with Gasteiger partial charge < -0.3 is 14.2 Å². The summed E-state index contributed by atoms with van der Waals surface area (Å²) in [7, 11) is 2.88. The van der Waals surface area contributed by atoms with Crippen LogP contribution in [0.25, 0.3) is 11.3 Å². The SMILES string of the molecule is COc1cc(/C=N\NC(=O)c2cc(-c3ccc(C)c(C)c3)n[nH]2)cc(OC)c1OC(C)=O. The van der Waals surface area contributed by atoms with Crippen molar-refractivity contribution in [2.75, 3.05) is 14.2 Å². The van der Waals surface area contributed by atoms with E-state index in [-0.39, 0.29) is 11.4 Å². The first-order valence-corrected chi connectivity index (χ1v) is 9.73. The monoisotopic (exact) mass is 436 g/mol. The summed E-state index contributed by atoms with van der Waals surface area (Å²) >= 11 is 0. The molecule has 1 aromatic heterocycles. The fraction of sp³-hybridized carbons (Fsp3) is 0.217. The third kappa shape index (κ3) is 5.12. The molecule has 0 saturated carbocycles. The smallest absolute Gasteiger partial charge is 0.308 e. The molecule has 2 N–H and O–H groups in total. The highest BCUT2D eigenvalue weighted by atomic mass is 16.6. The van der Waals surface area contributed by atoms with Crippen LogP contribution in [0.1, 0.15) is 34.1 Å². The van der Waals surface area contributed by atoms with Crippen molar-refractivity contribution in [1.82, 2.24) is 15.6 Å². The molecule has 0 aliphatic rings. The summed E-state index contributed by atoms with van der Waals surface area (Å²) in [5.41, 5.74) is 7.20. The average molecular weight is 436 g/mol. The van der Waals surface area contributed by atoms with Crippen LogP contribution in [0, 0.1) is 13.8 Å². The van der Waals surface area contributed by atoms with Crippen LogP contribution < -0.4 is 19.6 Å². The minimum Gasteiger partial charge on any atom is -0.493 e. The lowest BCUT2D eigenvalue weighted by molar-refractivity contribution is -0.132. The number of carbonyl (C=O) groups excluding carboxylic acids is 2. The molecule has 0 bridgehead atoms. The molecule has 32 heavy (non-hydrogen) atoms. The molecular weight excluding hydrogens is 412 g/mol. The number of aryl methyl sites for hydroxylation is 2. The van der Waals surface area contributed by atoms with Crippen molar-refractivity contribution in [1.29, 1.82) is 0 Å². The standard InChI is InChI=1S/C23H24N4O5/c1-13-6-7-17(8-14(13)2)18-11-19(26-25-18)23(29)27-24-12-16-9-20(30-4)22(32-15(3)28)21(10-16)31-5/h6-12H,1-5H3,(H,25,26)(H,27,29)/b24-12-. The number of H-pyrrole nitrogens is 1. The van der Waals surface area contributed by atoms with Gasteiger partial charge in [-0.15, -0.1) is 0 Å². The number of nitrogens with zero attached hydrogens (tertiary/aromatic N) is 2. The van der Waals surface area contributed by atoms with E-state index in [4.69, 9.17) is 14.2 Å². The van der Waals surface area contributed by atoms with Gasteiger partial charge in [0, 0.05) is 18.1 Å². The normalized spacial score (nSPS) is 10.8. The Morgan fingerprint density at radius 2 is 1.72 bits per heavy atom. The lowest BCUT2D eigenvalue weighted by atomic mass is 10.0. The number of hydrogen-bond donors (Lipinski definition) is 2. The Bertz CT molecular complexity index is 1160. The maximum absolute atomic E-state index is 12.4. The van der Waals surface area contributed by atoms with Crippen molar-refractivity contribution < 1.29 is 23.8 Å². The van der Waals surface area contributed by atoms with Crippen molar-refractivity contribution >= 4 is 18.1 Å². The van der Waals surface area contributed by atoms with Crippen LogP contribution in [0.3, 0.4) is 0 Å². The highest BCUT2D eigenvalue weighted by Gasteiger charge is 2.16. The quantitative estimate of drug-likeness (QED) is 0.254. The van der Waals surface area contributed by atoms with E-state index < -0.39 is 11.9 Å². The van der Waals surface area contributed by atoms with Crippen LogP contribution in [0.4, 0.5) is 0 Å². The number of hydrazone groups is 1. The van der Waals surface area contributed by atoms with Crippen molar-refractivity contribution in [2.24, 2.45) is 5.10 Å². The number of esters is 1. The first kappa shape index (κ1) is 22.5. The maximum Gasteiger partial charge on any atom is 0.308 e. The minimum absolute atomic E-state index is 0.167. The van der Waals surface area contributed by atoms with E-state index in [0.717, 1.165) is 11.1 Å². The van der Waals surface area contributed by atoms with Gasteiger partial charge in [0.05, 0.1) is 26.1 Å². The second kappa shape index (κ2) is 9.78. The number of amides is 1. The van der Waals surface area contributed by atoms with Gasteiger partial charge >= 0.3 is 5.97 Å². The molecule has 3 aromatic rings. The summed E-state index contributed by atoms with van der Waals surface area (Å²) in [5.74, 6) is -0.202. The van der Waals surface area contributed by atoms with Gasteiger partial charge in [-0.3, -0.25) is 14.7 Å². The number of ether oxygens (including phenoxy) is 3. The van der Waals surface area contributed by atoms with Crippen molar-refractivity contribution in [2.45, 2.75) is 20.8 Å². The van der Waals surface area contributed by atoms with Gasteiger partial charge in [-0.1, -0.05) is 12.1 Å². The van der Waals surface area contributed by atoms with E-state index in [2.05, 4.69) is 20.7 Å². The first-order valence-electron chi connectivity index (χ1n) is 9.73. The van der Waals surface area contributed by atoms with E-state index >= 15 is 0 Å². The lowest BCUT2D eigenvalue weighted by Crippen LogP contribution is -2.18. The molecule has 0 aliphatic carbocycles. The molecule has 0 radical (unpaired) electrons. The van der Waals surface area contributed by atoms with Gasteiger partial charge in [0.2, 0.25) is 5.75 Å². The van der Waals surface area contributed by atoms with Gasteiger partial charge in [-0.05, 0) is 49.2 Å². The number of rotatable bonds is 7. The molecule has 0 fully saturated rings. The molecule has 0 spiro atoms. The molecule has 166 valence electrons. The van der Waals surface area contributed by atoms with Gasteiger partial charge in [0.1, 0.15) is 5.69 Å². The molecule has 0 atom stereocenters. The number of nitrogens with one attached hydrogen (secondary N) is 2. The number of aromatic amines is 1. The molecular formula is C23H24N4O5. The number of carbonyl (C=O) groups is 2. The fourth-order valence-corrected chi connectivity index (χ4v) is 2.93. The molecule has 1 amide bonds. The van der Waals surface area contributed by atoms with Crippen molar-refractivity contribution in [3.63, 3.8) is 0 Å². The van der Waals surface area contributed by atoms with E-state index in [0.29, 0.717) is 22.8 Å². The first-order chi connectivity index (χ1) is 15.3. The van der Waals surface area contributed by atoms with E-state index in [1.807, 2.05) is 32.0 Å². The molecule has 3 rings (SSSR count). The topological polar surface area (TPSA) is 115 Å². The molecule has 0 unspecified atom stereocenters. The van der Waals surface area contributed by atoms with Crippen LogP contribution in [-0.2, 0) is 4.79 Å². The van der Waals surface area contributed by atoms with E-state index in [1.165, 1.54) is 32.9 Å². The Balaban J connectivity index is 1.73. The van der Waals surface area contributed by atoms with Gasteiger partial charge in [0.25, 0.3) is 5.91 Å². The Morgan fingerprint density at radius 3 is 2.31 bits per heavy atom. The zero-order valence-electron chi connectivity index (χ0n) is 18.5. The highest BCUT2D eigenvalue weighted by Crippen LogP contribution is 2.38. The Morgan fingerprint density at radius 1 is 1.03 bits per heavy atom. The summed E-state index contributed by atoms with van der Waals surface area (Å²) in [4.78, 5) is 23.7. The number of hydrogen-bond acceptors (Lipinski definition) is 7. The van der Waals surface area contributed by atoms with Crippen LogP contribution in [0.2, 0.25) is 0 Å².